The van der Waals surface area contributed by atoms with Crippen molar-refractivity contribution in [2.24, 2.45) is 0 Å². The number of hydrogen-bond acceptors (Lipinski definition) is 4. The molecule has 1 saturated heterocycles. The smallest absolute Gasteiger partial charge is 0.308 e. The fourth-order valence-electron chi connectivity index (χ4n) is 2.87. The number of urea groups is 1. The molecule has 1 aliphatic rings. The van der Waals surface area contributed by atoms with Crippen molar-refractivity contribution in [1.82, 2.24) is 9.80 Å². The van der Waals surface area contributed by atoms with Crippen LogP contribution in [0.5, 0.6) is 0 Å². The molecule has 27 heavy (non-hydrogen) atoms. The van der Waals surface area contributed by atoms with Crippen molar-refractivity contribution in [3.8, 4) is 0 Å². The maximum Gasteiger partial charge on any atom is 0.323 e. The van der Waals surface area contributed by atoms with E-state index in [2.05, 4.69) is 27.5 Å². The lowest BCUT2D eigenvalue weighted by molar-refractivity contribution is 0.0876. The highest BCUT2D eigenvalue weighted by atomic mass is 35.5. The van der Waals surface area contributed by atoms with Crippen LogP contribution in [-0.2, 0) is 0 Å². The molecule has 0 aromatic heterocycles. The Labute approximate surface area is 164 Å². The number of benzene rings is 2. The largest absolute Gasteiger partial charge is 0.323 e. The molecular formula is C20H23ClN4O2. The Kier molecular flexibility index (Phi) is 6.45. The van der Waals surface area contributed by atoms with E-state index in [-0.39, 0.29) is 11.8 Å². The van der Waals surface area contributed by atoms with Gasteiger partial charge in [0.1, 0.15) is 0 Å². The van der Waals surface area contributed by atoms with Crippen molar-refractivity contribution in [3.63, 3.8) is 0 Å². The summed E-state index contributed by atoms with van der Waals surface area (Å²) < 4.78 is 0. The van der Waals surface area contributed by atoms with Crippen molar-refractivity contribution < 1.29 is 9.59 Å². The van der Waals surface area contributed by atoms with Gasteiger partial charge >= 0.3 is 6.03 Å². The molecular weight excluding hydrogens is 364 g/mol. The average molecular weight is 387 g/mol. The van der Waals surface area contributed by atoms with Gasteiger partial charge in [0.05, 0.1) is 6.54 Å². The van der Waals surface area contributed by atoms with Crippen molar-refractivity contribution in [2.45, 2.75) is 0 Å². The summed E-state index contributed by atoms with van der Waals surface area (Å²) in [6, 6.07) is 13.5. The van der Waals surface area contributed by atoms with Gasteiger partial charge in [0.25, 0.3) is 0 Å². The van der Waals surface area contributed by atoms with Gasteiger partial charge in [-0.25, -0.2) is 4.79 Å². The van der Waals surface area contributed by atoms with Gasteiger partial charge in [-0.15, -0.1) is 0 Å². The Morgan fingerprint density at radius 2 is 1.41 bits per heavy atom. The molecule has 142 valence electrons. The standard InChI is InChI=1S/C20H23ClN4O2/c1-24-10-12-25(13-11-24)14-19(26)15-2-6-17(7-3-15)22-20(27)23-18-8-4-16(21)5-9-18/h2-9H,10-14H2,1H3,(H2,22,23,27). The second-order valence-electron chi connectivity index (χ2n) is 6.67. The number of carbonyl (C=O) groups excluding carboxylic acids is 2. The van der Waals surface area contributed by atoms with Crippen LogP contribution in [0, 0.1) is 0 Å². The molecule has 2 N–H and O–H groups in total. The average Bonchev–Trinajstić information content (AvgIpc) is 2.66. The maximum absolute atomic E-state index is 12.4. The third kappa shape index (κ3) is 5.79. The number of carbonyl (C=O) groups is 2. The summed E-state index contributed by atoms with van der Waals surface area (Å²) in [5.41, 5.74) is 1.92. The van der Waals surface area contributed by atoms with Gasteiger partial charge in [-0.3, -0.25) is 9.69 Å². The second kappa shape index (κ2) is 8.99. The summed E-state index contributed by atoms with van der Waals surface area (Å²) in [5.74, 6) is 0.0942. The number of nitrogens with zero attached hydrogens (tertiary/aromatic N) is 2. The van der Waals surface area contributed by atoms with Crippen molar-refractivity contribution in [2.75, 3.05) is 50.4 Å². The van der Waals surface area contributed by atoms with Crippen LogP contribution in [0.3, 0.4) is 0 Å². The van der Waals surface area contributed by atoms with Gasteiger partial charge in [0.15, 0.2) is 5.78 Å². The number of rotatable bonds is 5. The summed E-state index contributed by atoms with van der Waals surface area (Å²) in [6.45, 7) is 4.22. The predicted octanol–water partition coefficient (Wildman–Crippen LogP) is 3.41. The number of likely N-dealkylation sites (N-methyl/N-ethyl adjacent to an activating group) is 1. The molecule has 3 rings (SSSR count). The number of ketones is 1. The lowest BCUT2D eigenvalue weighted by Crippen LogP contribution is -2.46. The first-order chi connectivity index (χ1) is 13.0. The van der Waals surface area contributed by atoms with Crippen molar-refractivity contribution in [1.29, 1.82) is 0 Å². The molecule has 0 saturated carbocycles. The van der Waals surface area contributed by atoms with Crippen molar-refractivity contribution >= 4 is 34.8 Å². The zero-order valence-electron chi connectivity index (χ0n) is 15.2. The van der Waals surface area contributed by atoms with Crippen LogP contribution in [0.4, 0.5) is 16.2 Å². The number of amides is 2. The quantitative estimate of drug-likeness (QED) is 0.773. The van der Waals surface area contributed by atoms with Crippen LogP contribution >= 0.6 is 11.6 Å². The highest BCUT2D eigenvalue weighted by molar-refractivity contribution is 6.30. The minimum absolute atomic E-state index is 0.0942. The Morgan fingerprint density at radius 3 is 1.96 bits per heavy atom. The van der Waals surface area contributed by atoms with Crippen LogP contribution in [0.15, 0.2) is 48.5 Å². The maximum atomic E-state index is 12.4. The van der Waals surface area contributed by atoms with E-state index in [1.54, 1.807) is 48.5 Å². The second-order valence-corrected chi connectivity index (χ2v) is 7.10. The third-order valence-electron chi connectivity index (χ3n) is 4.53. The Balaban J connectivity index is 1.51. The highest BCUT2D eigenvalue weighted by Gasteiger charge is 2.17. The van der Waals surface area contributed by atoms with Gasteiger partial charge in [-0.2, -0.15) is 0 Å². The van der Waals surface area contributed by atoms with Crippen LogP contribution < -0.4 is 10.6 Å². The fourth-order valence-corrected chi connectivity index (χ4v) is 2.99. The van der Waals surface area contributed by atoms with Gasteiger partial charge in [-0.05, 0) is 55.6 Å². The van der Waals surface area contributed by atoms with Crippen LogP contribution in [0.1, 0.15) is 10.4 Å². The van der Waals surface area contributed by atoms with Gasteiger partial charge in [0.2, 0.25) is 0 Å². The number of nitrogens with one attached hydrogen (secondary N) is 2. The van der Waals surface area contributed by atoms with E-state index in [0.29, 0.717) is 28.5 Å². The summed E-state index contributed by atoms with van der Waals surface area (Å²) in [4.78, 5) is 28.9. The highest BCUT2D eigenvalue weighted by Crippen LogP contribution is 2.15. The monoisotopic (exact) mass is 386 g/mol. The zero-order valence-corrected chi connectivity index (χ0v) is 16.0. The molecule has 0 aliphatic carbocycles. The number of hydrogen-bond donors (Lipinski definition) is 2. The normalized spacial score (nSPS) is 15.3. The van der Waals surface area contributed by atoms with Crippen molar-refractivity contribution in [3.05, 3.63) is 59.1 Å². The summed E-state index contributed by atoms with van der Waals surface area (Å²) in [7, 11) is 2.09. The molecule has 0 bridgehead atoms. The number of halogens is 1. The summed E-state index contributed by atoms with van der Waals surface area (Å²) in [6.07, 6.45) is 0. The molecule has 7 heteroatoms. The molecule has 2 aromatic carbocycles. The molecule has 1 aliphatic heterocycles. The van der Waals surface area contributed by atoms with Gasteiger partial charge < -0.3 is 15.5 Å². The van der Waals surface area contributed by atoms with E-state index in [1.807, 2.05) is 0 Å². The molecule has 6 nitrogen and oxygen atoms in total. The Morgan fingerprint density at radius 1 is 0.889 bits per heavy atom. The molecule has 0 unspecified atom stereocenters. The Hall–Kier alpha value is -2.41. The van der Waals surface area contributed by atoms with E-state index >= 15 is 0 Å². The minimum Gasteiger partial charge on any atom is -0.308 e. The van der Waals surface area contributed by atoms with E-state index in [4.69, 9.17) is 11.6 Å². The SMILES string of the molecule is CN1CCN(CC(=O)c2ccc(NC(=O)Nc3ccc(Cl)cc3)cc2)CC1. The molecule has 1 fully saturated rings. The van der Waals surface area contributed by atoms with Crippen LogP contribution in [0.2, 0.25) is 5.02 Å². The Bertz CT molecular complexity index is 785. The van der Waals surface area contributed by atoms with E-state index in [9.17, 15) is 9.59 Å². The lowest BCUT2D eigenvalue weighted by Gasteiger charge is -2.31. The third-order valence-corrected chi connectivity index (χ3v) is 4.78. The zero-order chi connectivity index (χ0) is 19.2. The molecule has 0 atom stereocenters. The van der Waals surface area contributed by atoms with E-state index in [0.717, 1.165) is 26.2 Å². The summed E-state index contributed by atoms with van der Waals surface area (Å²) in [5, 5.41) is 6.08. The van der Waals surface area contributed by atoms with Gasteiger partial charge in [-0.1, -0.05) is 11.6 Å². The predicted molar refractivity (Wildman–Crippen MR) is 109 cm³/mol. The van der Waals surface area contributed by atoms with Gasteiger partial charge in [0, 0.05) is 48.1 Å². The first kappa shape index (κ1) is 19.4. The first-order valence-corrected chi connectivity index (χ1v) is 9.25. The topological polar surface area (TPSA) is 64.7 Å². The van der Waals surface area contributed by atoms with Crippen LogP contribution in [0.25, 0.3) is 0 Å². The van der Waals surface area contributed by atoms with Crippen LogP contribution in [-0.4, -0.2) is 61.4 Å². The molecule has 0 radical (unpaired) electrons. The molecule has 2 aromatic rings. The van der Waals surface area contributed by atoms with E-state index < -0.39 is 0 Å². The number of anilines is 2. The lowest BCUT2D eigenvalue weighted by atomic mass is 10.1. The number of Topliss-reactive ketones (excluding diaryl/α,β-unsaturated/α-hetero) is 1. The molecule has 1 heterocycles. The molecule has 2 amide bonds. The van der Waals surface area contributed by atoms with E-state index in [1.165, 1.54) is 0 Å². The minimum atomic E-state index is -0.353. The number of piperazine rings is 1. The first-order valence-electron chi connectivity index (χ1n) is 8.87. The molecule has 0 spiro atoms. The fraction of sp³-hybridized carbons (Fsp3) is 0.300. The summed E-state index contributed by atoms with van der Waals surface area (Å²) >= 11 is 5.83.